The third-order valence-electron chi connectivity index (χ3n) is 5.10. The maximum absolute atomic E-state index is 13.0. The van der Waals surface area contributed by atoms with Gasteiger partial charge in [-0.05, 0) is 42.0 Å². The van der Waals surface area contributed by atoms with Crippen molar-refractivity contribution in [1.29, 1.82) is 0 Å². The van der Waals surface area contributed by atoms with Crippen molar-refractivity contribution >= 4 is 18.1 Å². The van der Waals surface area contributed by atoms with Crippen LogP contribution in [0.3, 0.4) is 0 Å². The summed E-state index contributed by atoms with van der Waals surface area (Å²) in [5, 5.41) is 4.43. The number of para-hydroxylation sites is 1. The summed E-state index contributed by atoms with van der Waals surface area (Å²) in [7, 11) is 0. The zero-order valence-electron chi connectivity index (χ0n) is 15.9. The third kappa shape index (κ3) is 4.60. The van der Waals surface area contributed by atoms with Crippen LogP contribution in [0, 0.1) is 10.6 Å². The fourth-order valence-corrected chi connectivity index (χ4v) is 3.67. The Morgan fingerprint density at radius 3 is 2.38 bits per heavy atom. The minimum atomic E-state index is -0.289. The summed E-state index contributed by atoms with van der Waals surface area (Å²) < 4.78 is 17.3. The van der Waals surface area contributed by atoms with E-state index in [1.807, 2.05) is 39.8 Å². The van der Waals surface area contributed by atoms with Crippen LogP contribution in [-0.4, -0.2) is 56.2 Å². The Hall–Kier alpha value is -2.84. The standard InChI is InChI=1S/C21H22FN5OS/c22-18-8-6-17(7-9-18)14-20(28)25-12-10-24(11-13-25)16-27-21(29)26(15-23-27)19-4-2-1-3-5-19/h1-9,15H,10-14,16H2. The average Bonchev–Trinajstić information content (AvgIpc) is 3.11. The molecule has 0 unspecified atom stereocenters. The molecule has 1 aliphatic rings. The van der Waals surface area contributed by atoms with E-state index in [-0.39, 0.29) is 11.7 Å². The molecule has 0 atom stereocenters. The molecule has 1 aromatic heterocycles. The summed E-state index contributed by atoms with van der Waals surface area (Å²) in [6, 6.07) is 16.0. The molecule has 0 aliphatic carbocycles. The summed E-state index contributed by atoms with van der Waals surface area (Å²) in [5.74, 6) is -0.218. The van der Waals surface area contributed by atoms with Crippen molar-refractivity contribution in [3.05, 3.63) is 77.1 Å². The van der Waals surface area contributed by atoms with Gasteiger partial charge in [0.25, 0.3) is 0 Å². The first-order valence-electron chi connectivity index (χ1n) is 9.54. The lowest BCUT2D eigenvalue weighted by atomic mass is 10.1. The molecule has 0 radical (unpaired) electrons. The predicted octanol–water partition coefficient (Wildman–Crippen LogP) is 2.89. The lowest BCUT2D eigenvalue weighted by molar-refractivity contribution is -0.132. The van der Waals surface area contributed by atoms with Crippen LogP contribution in [0.5, 0.6) is 0 Å². The normalized spacial score (nSPS) is 14.9. The number of benzene rings is 2. The van der Waals surface area contributed by atoms with Crippen molar-refractivity contribution in [2.75, 3.05) is 26.2 Å². The summed E-state index contributed by atoms with van der Waals surface area (Å²) in [6.45, 7) is 3.43. The number of hydrogen-bond acceptors (Lipinski definition) is 4. The van der Waals surface area contributed by atoms with Crippen molar-refractivity contribution in [3.8, 4) is 5.69 Å². The first-order chi connectivity index (χ1) is 14.1. The Morgan fingerprint density at radius 1 is 1.00 bits per heavy atom. The lowest BCUT2D eigenvalue weighted by Crippen LogP contribution is -2.49. The van der Waals surface area contributed by atoms with Crippen molar-refractivity contribution in [3.63, 3.8) is 0 Å². The second kappa shape index (κ2) is 8.67. The molecule has 3 aromatic rings. The fraction of sp³-hybridized carbons (Fsp3) is 0.286. The summed E-state index contributed by atoms with van der Waals surface area (Å²) >= 11 is 5.57. The van der Waals surface area contributed by atoms with Gasteiger partial charge in [0.2, 0.25) is 10.7 Å². The second-order valence-corrected chi connectivity index (χ2v) is 7.43. The first-order valence-corrected chi connectivity index (χ1v) is 9.95. The van der Waals surface area contributed by atoms with Crippen LogP contribution >= 0.6 is 12.2 Å². The summed E-state index contributed by atoms with van der Waals surface area (Å²) in [5.41, 5.74) is 1.82. The van der Waals surface area contributed by atoms with Crippen LogP contribution in [0.25, 0.3) is 5.69 Å². The van der Waals surface area contributed by atoms with Crippen molar-refractivity contribution in [2.45, 2.75) is 13.1 Å². The zero-order valence-corrected chi connectivity index (χ0v) is 16.8. The summed E-state index contributed by atoms with van der Waals surface area (Å²) in [6.07, 6.45) is 2.03. The number of hydrogen-bond donors (Lipinski definition) is 0. The van der Waals surface area contributed by atoms with Gasteiger partial charge >= 0.3 is 0 Å². The number of rotatable bonds is 5. The van der Waals surface area contributed by atoms with Crippen LogP contribution in [0.4, 0.5) is 4.39 Å². The Balaban J connectivity index is 1.32. The Morgan fingerprint density at radius 2 is 1.69 bits per heavy atom. The minimum Gasteiger partial charge on any atom is -0.340 e. The molecule has 2 heterocycles. The van der Waals surface area contributed by atoms with E-state index in [1.54, 1.807) is 23.1 Å². The van der Waals surface area contributed by atoms with E-state index in [2.05, 4.69) is 10.00 Å². The number of carbonyl (C=O) groups excluding carboxylic acids is 1. The largest absolute Gasteiger partial charge is 0.340 e. The van der Waals surface area contributed by atoms with Crippen LogP contribution < -0.4 is 0 Å². The predicted molar refractivity (Wildman–Crippen MR) is 111 cm³/mol. The molecule has 0 bridgehead atoms. The fourth-order valence-electron chi connectivity index (χ4n) is 3.42. The van der Waals surface area contributed by atoms with Gasteiger partial charge in [-0.2, -0.15) is 5.10 Å². The van der Waals surface area contributed by atoms with E-state index < -0.39 is 0 Å². The molecule has 0 saturated carbocycles. The molecule has 1 saturated heterocycles. The topological polar surface area (TPSA) is 46.3 Å². The van der Waals surface area contributed by atoms with Crippen LogP contribution in [-0.2, 0) is 17.9 Å². The van der Waals surface area contributed by atoms with Gasteiger partial charge in [0.05, 0.1) is 13.1 Å². The van der Waals surface area contributed by atoms with Gasteiger partial charge in [-0.25, -0.2) is 9.07 Å². The highest BCUT2D eigenvalue weighted by atomic mass is 32.1. The molecule has 8 heteroatoms. The zero-order chi connectivity index (χ0) is 20.2. The van der Waals surface area contributed by atoms with Gasteiger partial charge in [-0.3, -0.25) is 14.3 Å². The molecular formula is C21H22FN5OS. The number of amides is 1. The van der Waals surface area contributed by atoms with Gasteiger partial charge in [-0.1, -0.05) is 30.3 Å². The SMILES string of the molecule is O=C(Cc1ccc(F)cc1)N1CCN(Cn2ncn(-c3ccccc3)c2=S)CC1. The molecule has 6 nitrogen and oxygen atoms in total. The highest BCUT2D eigenvalue weighted by Gasteiger charge is 2.21. The number of piperazine rings is 1. The molecule has 150 valence electrons. The molecule has 0 N–H and O–H groups in total. The van der Waals surface area contributed by atoms with Crippen molar-refractivity contribution in [2.24, 2.45) is 0 Å². The van der Waals surface area contributed by atoms with E-state index in [0.717, 1.165) is 24.3 Å². The Bertz CT molecular complexity index is 1020. The second-order valence-electron chi connectivity index (χ2n) is 7.06. The van der Waals surface area contributed by atoms with Crippen LogP contribution in [0.1, 0.15) is 5.56 Å². The van der Waals surface area contributed by atoms with Gasteiger partial charge in [0.15, 0.2) is 0 Å². The Labute approximate surface area is 173 Å². The highest BCUT2D eigenvalue weighted by molar-refractivity contribution is 7.71. The van der Waals surface area contributed by atoms with E-state index in [1.165, 1.54) is 12.1 Å². The molecule has 1 fully saturated rings. The lowest BCUT2D eigenvalue weighted by Gasteiger charge is -2.34. The quantitative estimate of drug-likeness (QED) is 0.606. The van der Waals surface area contributed by atoms with Gasteiger partial charge in [0.1, 0.15) is 12.1 Å². The van der Waals surface area contributed by atoms with Crippen molar-refractivity contribution in [1.82, 2.24) is 24.1 Å². The highest BCUT2D eigenvalue weighted by Crippen LogP contribution is 2.11. The smallest absolute Gasteiger partial charge is 0.227 e. The summed E-state index contributed by atoms with van der Waals surface area (Å²) in [4.78, 5) is 16.6. The molecule has 4 rings (SSSR count). The van der Waals surface area contributed by atoms with Crippen LogP contribution in [0.15, 0.2) is 60.9 Å². The number of nitrogens with zero attached hydrogens (tertiary/aromatic N) is 5. The van der Waals surface area contributed by atoms with Gasteiger partial charge in [0, 0.05) is 31.9 Å². The maximum atomic E-state index is 13.0. The average molecular weight is 412 g/mol. The molecule has 1 amide bonds. The molecule has 29 heavy (non-hydrogen) atoms. The molecule has 2 aromatic carbocycles. The van der Waals surface area contributed by atoms with Gasteiger partial charge in [-0.15, -0.1) is 0 Å². The van der Waals surface area contributed by atoms with E-state index >= 15 is 0 Å². The Kier molecular flexibility index (Phi) is 5.82. The third-order valence-corrected chi connectivity index (χ3v) is 5.50. The number of aromatic nitrogens is 3. The number of carbonyl (C=O) groups is 1. The molecular weight excluding hydrogens is 389 g/mol. The number of halogens is 1. The first kappa shape index (κ1) is 19.5. The van der Waals surface area contributed by atoms with E-state index in [9.17, 15) is 9.18 Å². The van der Waals surface area contributed by atoms with Crippen LogP contribution in [0.2, 0.25) is 0 Å². The molecule has 1 aliphatic heterocycles. The maximum Gasteiger partial charge on any atom is 0.227 e. The van der Waals surface area contributed by atoms with E-state index in [4.69, 9.17) is 12.2 Å². The molecule has 0 spiro atoms. The monoisotopic (exact) mass is 411 g/mol. The van der Waals surface area contributed by atoms with E-state index in [0.29, 0.717) is 31.0 Å². The van der Waals surface area contributed by atoms with Gasteiger partial charge < -0.3 is 4.90 Å². The minimum absolute atomic E-state index is 0.0706. The van der Waals surface area contributed by atoms with Crippen molar-refractivity contribution < 1.29 is 9.18 Å².